The topological polar surface area (TPSA) is 20.3 Å². The monoisotopic (exact) mass is 421 g/mol. The zero-order valence-electron chi connectivity index (χ0n) is 21.3. The number of hydrogen-bond donors (Lipinski definition) is 0. The van der Waals surface area contributed by atoms with Crippen LogP contribution in [0.25, 0.3) is 5.57 Å². The van der Waals surface area contributed by atoms with E-state index in [1.807, 2.05) is 34.7 Å². The molecular weight excluding hydrogens is 378 g/mol. The van der Waals surface area contributed by atoms with Crippen molar-refractivity contribution in [2.75, 3.05) is 7.05 Å². The normalized spacial score (nSPS) is 16.7. The smallest absolute Gasteiger partial charge is 0.219 e. The van der Waals surface area contributed by atoms with Gasteiger partial charge in [0, 0.05) is 20.5 Å². The van der Waals surface area contributed by atoms with Crippen LogP contribution in [0.15, 0.2) is 43.0 Å². The summed E-state index contributed by atoms with van der Waals surface area (Å²) in [4.78, 5) is 13.1. The van der Waals surface area contributed by atoms with E-state index in [0.717, 1.165) is 16.7 Å². The Labute approximate surface area is 191 Å². The predicted molar refractivity (Wildman–Crippen MR) is 137 cm³/mol. The van der Waals surface area contributed by atoms with Gasteiger partial charge in [0.25, 0.3) is 0 Å². The van der Waals surface area contributed by atoms with Crippen molar-refractivity contribution in [3.8, 4) is 0 Å². The van der Waals surface area contributed by atoms with E-state index in [1.54, 1.807) is 11.8 Å². The van der Waals surface area contributed by atoms with Gasteiger partial charge >= 0.3 is 0 Å². The minimum absolute atomic E-state index is 0.0801. The quantitative estimate of drug-likeness (QED) is 0.488. The molecule has 0 saturated carbocycles. The summed E-state index contributed by atoms with van der Waals surface area (Å²) in [6.07, 6.45) is 2.55. The first kappa shape index (κ1) is 26.7. The number of amides is 1. The van der Waals surface area contributed by atoms with Crippen molar-refractivity contribution in [3.63, 3.8) is 0 Å². The number of carbonyl (C=O) groups excluding carboxylic acids is 1. The van der Waals surface area contributed by atoms with Crippen molar-refractivity contribution >= 4 is 11.5 Å². The summed E-state index contributed by atoms with van der Waals surface area (Å²) in [6, 6.07) is 13.2. The largest absolute Gasteiger partial charge is 0.342 e. The van der Waals surface area contributed by atoms with Crippen LogP contribution in [0, 0.1) is 6.92 Å². The molecular formula is C29H43NO. The third-order valence-electron chi connectivity index (χ3n) is 6.11. The van der Waals surface area contributed by atoms with Crippen LogP contribution >= 0.6 is 0 Å². The van der Waals surface area contributed by atoms with Crippen molar-refractivity contribution in [1.82, 2.24) is 4.90 Å². The molecule has 1 aliphatic carbocycles. The van der Waals surface area contributed by atoms with E-state index in [1.165, 1.54) is 35.1 Å². The van der Waals surface area contributed by atoms with Gasteiger partial charge in [0.05, 0.1) is 0 Å². The highest BCUT2D eigenvalue weighted by atomic mass is 16.2. The lowest BCUT2D eigenvalue weighted by atomic mass is 9.76. The second-order valence-electron chi connectivity index (χ2n) is 8.23. The number of rotatable bonds is 4. The molecule has 2 nitrogen and oxygen atoms in total. The summed E-state index contributed by atoms with van der Waals surface area (Å²) < 4.78 is 0. The first-order valence-corrected chi connectivity index (χ1v) is 11.9. The Balaban J connectivity index is 0.00000113. The van der Waals surface area contributed by atoms with Crippen LogP contribution in [0.3, 0.4) is 0 Å². The third-order valence-corrected chi connectivity index (χ3v) is 6.11. The molecule has 0 spiro atoms. The van der Waals surface area contributed by atoms with E-state index in [0.29, 0.717) is 18.4 Å². The van der Waals surface area contributed by atoms with Crippen molar-refractivity contribution in [2.45, 2.75) is 86.6 Å². The number of nitrogens with zero attached hydrogens (tertiary/aromatic N) is 1. The Hall–Kier alpha value is -2.35. The maximum atomic E-state index is 11.4. The molecule has 0 aromatic heterocycles. The van der Waals surface area contributed by atoms with Crippen molar-refractivity contribution < 1.29 is 4.79 Å². The molecule has 0 radical (unpaired) electrons. The molecule has 0 bridgehead atoms. The predicted octanol–water partition coefficient (Wildman–Crippen LogP) is 8.09. The molecule has 0 heterocycles. The summed E-state index contributed by atoms with van der Waals surface area (Å²) in [7, 11) is 1.83. The fourth-order valence-corrected chi connectivity index (χ4v) is 4.09. The summed E-state index contributed by atoms with van der Waals surface area (Å²) in [5, 5.41) is 0. The molecule has 2 aromatic rings. The van der Waals surface area contributed by atoms with Gasteiger partial charge in [0.2, 0.25) is 5.91 Å². The number of fused-ring (bicyclic) bond motifs is 1. The summed E-state index contributed by atoms with van der Waals surface area (Å²) >= 11 is 0. The van der Waals surface area contributed by atoms with Gasteiger partial charge in [-0.15, -0.1) is 0 Å². The van der Waals surface area contributed by atoms with Crippen molar-refractivity contribution in [1.29, 1.82) is 0 Å². The highest BCUT2D eigenvalue weighted by Gasteiger charge is 2.23. The lowest BCUT2D eigenvalue weighted by molar-refractivity contribution is -0.128. The number of benzene rings is 2. The average Bonchev–Trinajstić information content (AvgIpc) is 2.79. The molecule has 2 heteroatoms. The van der Waals surface area contributed by atoms with Crippen LogP contribution in [-0.2, 0) is 11.3 Å². The molecule has 2 atom stereocenters. The molecule has 0 N–H and O–H groups in total. The fraction of sp³-hybridized carbons (Fsp3) is 0.483. The number of aryl methyl sites for hydroxylation is 1. The third kappa shape index (κ3) is 6.56. The average molecular weight is 422 g/mol. The van der Waals surface area contributed by atoms with Crippen LogP contribution in [0.5, 0.6) is 0 Å². The zero-order chi connectivity index (χ0) is 23.7. The van der Waals surface area contributed by atoms with Gasteiger partial charge in [0.1, 0.15) is 0 Å². The van der Waals surface area contributed by atoms with Crippen LogP contribution in [0.2, 0.25) is 0 Å². The first-order valence-electron chi connectivity index (χ1n) is 11.9. The van der Waals surface area contributed by atoms with Crippen molar-refractivity contribution in [3.05, 3.63) is 76.4 Å². The van der Waals surface area contributed by atoms with Crippen LogP contribution in [-0.4, -0.2) is 17.9 Å². The highest BCUT2D eigenvalue weighted by molar-refractivity contribution is 5.80. The van der Waals surface area contributed by atoms with Gasteiger partial charge < -0.3 is 4.90 Å². The molecule has 31 heavy (non-hydrogen) atoms. The SMILES string of the molecule is C=C(c1ccc(CN(C)C(C)=O)cc1)c1cc2c(cc1C)C(C)CCC2C.CC.CC. The van der Waals surface area contributed by atoms with E-state index in [2.05, 4.69) is 63.7 Å². The molecule has 2 aromatic carbocycles. The number of hydrogen-bond acceptors (Lipinski definition) is 1. The van der Waals surface area contributed by atoms with E-state index in [4.69, 9.17) is 0 Å². The second kappa shape index (κ2) is 12.5. The summed E-state index contributed by atoms with van der Waals surface area (Å²) in [6.45, 7) is 21.5. The Kier molecular flexibility index (Phi) is 10.8. The molecule has 1 aliphatic rings. The van der Waals surface area contributed by atoms with Crippen LogP contribution < -0.4 is 0 Å². The molecule has 170 valence electrons. The van der Waals surface area contributed by atoms with Gasteiger partial charge in [-0.1, -0.05) is 84.5 Å². The van der Waals surface area contributed by atoms with E-state index < -0.39 is 0 Å². The summed E-state index contributed by atoms with van der Waals surface area (Å²) in [5.74, 6) is 1.35. The van der Waals surface area contributed by atoms with Crippen molar-refractivity contribution in [2.24, 2.45) is 0 Å². The van der Waals surface area contributed by atoms with Crippen LogP contribution in [0.4, 0.5) is 0 Å². The highest BCUT2D eigenvalue weighted by Crippen LogP contribution is 2.41. The lowest BCUT2D eigenvalue weighted by Gasteiger charge is -2.29. The molecule has 3 rings (SSSR count). The second-order valence-corrected chi connectivity index (χ2v) is 8.23. The Bertz CT molecular complexity index is 863. The van der Waals surface area contributed by atoms with Gasteiger partial charge in [0.15, 0.2) is 0 Å². The first-order chi connectivity index (χ1) is 14.8. The molecule has 0 fully saturated rings. The zero-order valence-corrected chi connectivity index (χ0v) is 21.3. The van der Waals surface area contributed by atoms with Crippen LogP contribution in [0.1, 0.15) is 107 Å². The minimum Gasteiger partial charge on any atom is -0.342 e. The molecule has 0 saturated heterocycles. The maximum absolute atomic E-state index is 11.4. The fourth-order valence-electron chi connectivity index (χ4n) is 4.09. The van der Waals surface area contributed by atoms with Gasteiger partial charge in [-0.25, -0.2) is 0 Å². The van der Waals surface area contributed by atoms with E-state index in [-0.39, 0.29) is 5.91 Å². The Morgan fingerprint density at radius 1 is 0.968 bits per heavy atom. The maximum Gasteiger partial charge on any atom is 0.219 e. The van der Waals surface area contributed by atoms with Gasteiger partial charge in [-0.3, -0.25) is 4.79 Å². The Morgan fingerprint density at radius 2 is 1.45 bits per heavy atom. The van der Waals surface area contributed by atoms with Gasteiger partial charge in [-0.2, -0.15) is 0 Å². The molecule has 2 unspecified atom stereocenters. The van der Waals surface area contributed by atoms with E-state index >= 15 is 0 Å². The lowest BCUT2D eigenvalue weighted by Crippen LogP contribution is -2.22. The standard InChI is InChI=1S/C25H31NO.2C2H6/c1-16-7-8-17(2)25-14-23(18(3)13-24(16)25)19(4)22-11-9-21(10-12-22)15-26(6)20(5)27;2*1-2/h9-14,16-17H,4,7-8,15H2,1-3,5-6H3;2*1-2H3. The number of carbonyl (C=O) groups is 1. The summed E-state index contributed by atoms with van der Waals surface area (Å²) in [5.41, 5.74) is 8.92. The van der Waals surface area contributed by atoms with E-state index in [9.17, 15) is 4.79 Å². The van der Waals surface area contributed by atoms with Gasteiger partial charge in [-0.05, 0) is 70.6 Å². The molecule has 1 amide bonds. The molecule has 0 aliphatic heterocycles. The minimum atomic E-state index is 0.0801. The Morgan fingerprint density at radius 3 is 1.94 bits per heavy atom.